The number of para-hydroxylation sites is 1. The first-order chi connectivity index (χ1) is 22.3. The second kappa shape index (κ2) is 10.4. The first-order valence-corrected chi connectivity index (χ1v) is 15.4. The van der Waals surface area contributed by atoms with Gasteiger partial charge in [0.2, 0.25) is 0 Å². The highest BCUT2D eigenvalue weighted by Gasteiger charge is 2.19. The fourth-order valence-corrected chi connectivity index (χ4v) is 7.04. The Balaban J connectivity index is 1.28. The van der Waals surface area contributed by atoms with Crippen LogP contribution >= 0.6 is 0 Å². The monoisotopic (exact) mass is 572 g/mol. The van der Waals surface area contributed by atoms with Crippen LogP contribution in [0.1, 0.15) is 0 Å². The van der Waals surface area contributed by atoms with Gasteiger partial charge >= 0.3 is 0 Å². The minimum atomic E-state index is 0.912. The third kappa shape index (κ3) is 4.17. The Morgan fingerprint density at radius 1 is 0.267 bits per heavy atom. The predicted molar refractivity (Wildman–Crippen MR) is 190 cm³/mol. The molecule has 9 aromatic rings. The van der Waals surface area contributed by atoms with Gasteiger partial charge in [-0.25, -0.2) is 0 Å². The average Bonchev–Trinajstić information content (AvgIpc) is 3.49. The maximum absolute atomic E-state index is 6.33. The van der Waals surface area contributed by atoms with Gasteiger partial charge in [0.25, 0.3) is 0 Å². The van der Waals surface area contributed by atoms with E-state index in [2.05, 4.69) is 158 Å². The summed E-state index contributed by atoms with van der Waals surface area (Å²) in [4.78, 5) is 0. The van der Waals surface area contributed by atoms with Crippen molar-refractivity contribution < 1.29 is 4.42 Å². The van der Waals surface area contributed by atoms with Crippen molar-refractivity contribution in [2.75, 3.05) is 0 Å². The zero-order chi connectivity index (χ0) is 29.7. The quantitative estimate of drug-likeness (QED) is 0.191. The van der Waals surface area contributed by atoms with Crippen molar-refractivity contribution in [1.29, 1.82) is 0 Å². The summed E-state index contributed by atoms with van der Waals surface area (Å²) in [6.07, 6.45) is 0. The van der Waals surface area contributed by atoms with Crippen LogP contribution in [0.25, 0.3) is 88.0 Å². The molecule has 1 nitrogen and oxygen atoms in total. The molecule has 0 radical (unpaired) electrons. The minimum Gasteiger partial charge on any atom is -0.456 e. The summed E-state index contributed by atoms with van der Waals surface area (Å²) in [5.41, 5.74) is 11.6. The summed E-state index contributed by atoms with van der Waals surface area (Å²) in [6, 6.07) is 61.0. The highest BCUT2D eigenvalue weighted by atomic mass is 16.3. The molecule has 0 saturated heterocycles. The number of benzene rings is 8. The van der Waals surface area contributed by atoms with Crippen molar-refractivity contribution in [1.82, 2.24) is 0 Å². The van der Waals surface area contributed by atoms with E-state index in [1.165, 1.54) is 60.5 Å². The normalized spacial score (nSPS) is 11.6. The number of furan rings is 1. The van der Waals surface area contributed by atoms with Crippen LogP contribution in [-0.2, 0) is 0 Å². The minimum absolute atomic E-state index is 0.912. The van der Waals surface area contributed by atoms with Crippen molar-refractivity contribution >= 4 is 43.5 Å². The molecule has 0 aliphatic heterocycles. The van der Waals surface area contributed by atoms with Gasteiger partial charge < -0.3 is 4.42 Å². The van der Waals surface area contributed by atoms with E-state index in [0.29, 0.717) is 0 Å². The van der Waals surface area contributed by atoms with Gasteiger partial charge in [-0.1, -0.05) is 152 Å². The van der Waals surface area contributed by atoms with Crippen molar-refractivity contribution in [3.05, 3.63) is 170 Å². The lowest BCUT2D eigenvalue weighted by molar-refractivity contribution is 0.669. The van der Waals surface area contributed by atoms with Gasteiger partial charge in [-0.15, -0.1) is 0 Å². The van der Waals surface area contributed by atoms with Crippen LogP contribution in [0, 0.1) is 0 Å². The van der Waals surface area contributed by atoms with Crippen LogP contribution in [0.2, 0.25) is 0 Å². The molecule has 0 atom stereocenters. The van der Waals surface area contributed by atoms with E-state index < -0.39 is 0 Å². The second-order valence-corrected chi connectivity index (χ2v) is 11.6. The van der Waals surface area contributed by atoms with Gasteiger partial charge in [-0.3, -0.25) is 0 Å². The molecule has 0 aliphatic rings. The molecule has 0 aliphatic carbocycles. The number of fused-ring (bicyclic) bond motifs is 5. The van der Waals surface area contributed by atoms with E-state index in [0.717, 1.165) is 27.5 Å². The van der Waals surface area contributed by atoms with Gasteiger partial charge in [0, 0.05) is 10.8 Å². The van der Waals surface area contributed by atoms with E-state index >= 15 is 0 Å². The Kier molecular flexibility index (Phi) is 5.89. The van der Waals surface area contributed by atoms with Crippen molar-refractivity contribution in [2.24, 2.45) is 0 Å². The zero-order valence-corrected chi connectivity index (χ0v) is 24.6. The van der Waals surface area contributed by atoms with Crippen LogP contribution in [0.4, 0.5) is 0 Å². The van der Waals surface area contributed by atoms with E-state index in [1.807, 2.05) is 12.1 Å². The second-order valence-electron chi connectivity index (χ2n) is 11.6. The Bertz CT molecular complexity index is 2460. The topological polar surface area (TPSA) is 13.1 Å². The van der Waals surface area contributed by atoms with Gasteiger partial charge in [0.15, 0.2) is 0 Å². The lowest BCUT2D eigenvalue weighted by atomic mass is 9.83. The van der Waals surface area contributed by atoms with Crippen LogP contribution < -0.4 is 0 Å². The zero-order valence-electron chi connectivity index (χ0n) is 24.6. The van der Waals surface area contributed by atoms with E-state index in [4.69, 9.17) is 4.42 Å². The molecule has 8 aromatic carbocycles. The summed E-state index contributed by atoms with van der Waals surface area (Å²) >= 11 is 0. The van der Waals surface area contributed by atoms with Gasteiger partial charge in [-0.05, 0) is 84.3 Å². The van der Waals surface area contributed by atoms with Gasteiger partial charge in [0.05, 0.1) is 0 Å². The standard InChI is InChI=1S/C44H28O/c1-2-12-29(13-3-1)30-22-24-31(25-23-30)33-14-4-5-16-36(33)44-39-19-8-6-17-37(39)43(38-18-7-9-20-40(38)44)32-26-27-35-34-15-10-11-21-41(34)45-42(35)28-32/h1-28H. The molecule has 0 unspecified atom stereocenters. The van der Waals surface area contributed by atoms with Crippen LogP contribution in [0.15, 0.2) is 174 Å². The molecule has 0 saturated carbocycles. The molecule has 210 valence electrons. The van der Waals surface area contributed by atoms with Crippen molar-refractivity contribution in [3.63, 3.8) is 0 Å². The predicted octanol–water partition coefficient (Wildman–Crippen LogP) is 12.6. The SMILES string of the molecule is c1ccc(-c2ccc(-c3ccccc3-c3c4ccccc4c(-c4ccc5c(c4)oc4ccccc45)c4ccccc34)cc2)cc1. The van der Waals surface area contributed by atoms with E-state index in [1.54, 1.807) is 0 Å². The molecule has 1 heterocycles. The lowest BCUT2D eigenvalue weighted by Gasteiger charge is -2.19. The third-order valence-corrected chi connectivity index (χ3v) is 9.10. The maximum atomic E-state index is 6.33. The van der Waals surface area contributed by atoms with Crippen LogP contribution in [-0.4, -0.2) is 0 Å². The van der Waals surface area contributed by atoms with E-state index in [-0.39, 0.29) is 0 Å². The molecule has 0 fully saturated rings. The number of hydrogen-bond acceptors (Lipinski definition) is 1. The van der Waals surface area contributed by atoms with Crippen LogP contribution in [0.5, 0.6) is 0 Å². The first-order valence-electron chi connectivity index (χ1n) is 15.4. The summed E-state index contributed by atoms with van der Waals surface area (Å²) in [6.45, 7) is 0. The molecule has 45 heavy (non-hydrogen) atoms. The highest BCUT2D eigenvalue weighted by Crippen LogP contribution is 2.46. The number of hydrogen-bond donors (Lipinski definition) is 0. The molecule has 9 rings (SSSR count). The van der Waals surface area contributed by atoms with Gasteiger partial charge in [-0.2, -0.15) is 0 Å². The Morgan fingerprint density at radius 2 is 0.733 bits per heavy atom. The molecule has 0 amide bonds. The summed E-state index contributed by atoms with van der Waals surface area (Å²) < 4.78 is 6.33. The third-order valence-electron chi connectivity index (χ3n) is 9.10. The summed E-state index contributed by atoms with van der Waals surface area (Å²) in [7, 11) is 0. The average molecular weight is 573 g/mol. The summed E-state index contributed by atoms with van der Waals surface area (Å²) in [5, 5.41) is 7.24. The van der Waals surface area contributed by atoms with Crippen molar-refractivity contribution in [2.45, 2.75) is 0 Å². The van der Waals surface area contributed by atoms with Gasteiger partial charge in [0.1, 0.15) is 11.2 Å². The molecule has 1 heteroatoms. The highest BCUT2D eigenvalue weighted by molar-refractivity contribution is 6.23. The Labute approximate surface area is 261 Å². The number of rotatable bonds is 4. The summed E-state index contributed by atoms with van der Waals surface area (Å²) in [5.74, 6) is 0. The van der Waals surface area contributed by atoms with Crippen molar-refractivity contribution in [3.8, 4) is 44.5 Å². The molecule has 0 spiro atoms. The fourth-order valence-electron chi connectivity index (χ4n) is 7.04. The molecule has 0 N–H and O–H groups in total. The van der Waals surface area contributed by atoms with E-state index in [9.17, 15) is 0 Å². The largest absolute Gasteiger partial charge is 0.456 e. The molecular formula is C44H28O. The first kappa shape index (κ1) is 25.6. The molecule has 1 aromatic heterocycles. The smallest absolute Gasteiger partial charge is 0.136 e. The molecular weight excluding hydrogens is 544 g/mol. The molecule has 0 bridgehead atoms. The fraction of sp³-hybridized carbons (Fsp3) is 0. The Hall–Kier alpha value is -5.92. The van der Waals surface area contributed by atoms with Crippen LogP contribution in [0.3, 0.4) is 0 Å². The maximum Gasteiger partial charge on any atom is 0.136 e. The lowest BCUT2D eigenvalue weighted by Crippen LogP contribution is -1.92. The Morgan fingerprint density at radius 3 is 1.42 bits per heavy atom.